The molecule has 27 heavy (non-hydrogen) atoms. The molecule has 7 heteroatoms. The summed E-state index contributed by atoms with van der Waals surface area (Å²) in [6.07, 6.45) is 1.75. The van der Waals surface area contributed by atoms with Crippen molar-refractivity contribution >= 4 is 17.4 Å². The number of nitro groups is 1. The van der Waals surface area contributed by atoms with Gasteiger partial charge in [-0.05, 0) is 62.3 Å². The van der Waals surface area contributed by atoms with Crippen LogP contribution >= 0.6 is 11.8 Å². The number of nitro benzene ring substituents is 1. The Morgan fingerprint density at radius 2 is 1.81 bits per heavy atom. The van der Waals surface area contributed by atoms with Gasteiger partial charge >= 0.3 is 0 Å². The van der Waals surface area contributed by atoms with Gasteiger partial charge in [-0.25, -0.2) is 4.39 Å². The first-order valence-corrected chi connectivity index (χ1v) is 9.94. The molecule has 0 spiro atoms. The fourth-order valence-electron chi connectivity index (χ4n) is 3.17. The molecule has 1 fully saturated rings. The second-order valence-corrected chi connectivity index (χ2v) is 7.97. The van der Waals surface area contributed by atoms with Gasteiger partial charge in [-0.15, -0.1) is 0 Å². The van der Waals surface area contributed by atoms with E-state index in [0.717, 1.165) is 60.9 Å². The Morgan fingerprint density at radius 3 is 2.48 bits per heavy atom. The molecule has 0 aromatic heterocycles. The third kappa shape index (κ3) is 5.76. The summed E-state index contributed by atoms with van der Waals surface area (Å²) >= 11 is 1.52. The molecule has 1 saturated heterocycles. The van der Waals surface area contributed by atoms with E-state index >= 15 is 0 Å². The van der Waals surface area contributed by atoms with E-state index in [-0.39, 0.29) is 16.4 Å². The van der Waals surface area contributed by atoms with Crippen molar-refractivity contribution in [2.45, 2.75) is 22.6 Å². The summed E-state index contributed by atoms with van der Waals surface area (Å²) in [5.74, 6) is -0.268. The summed E-state index contributed by atoms with van der Waals surface area (Å²) < 4.78 is 13.1. The molecule has 0 radical (unpaired) electrons. The number of likely N-dealkylation sites (N-methyl/N-ethyl adjacent to an activating group) is 1. The van der Waals surface area contributed by atoms with Crippen LogP contribution in [0.5, 0.6) is 0 Å². The van der Waals surface area contributed by atoms with Crippen molar-refractivity contribution in [1.29, 1.82) is 0 Å². The fourth-order valence-corrected chi connectivity index (χ4v) is 4.12. The number of halogens is 1. The number of piperazine rings is 1. The standard InChI is InChI=1S/C20H24FN3O2S/c1-22-11-13-23(14-12-22)10-2-3-16-15-18(24(25)26)6-9-20(16)27-19-7-4-17(21)5-8-19/h4-9,15H,2-3,10-14H2,1H3. The summed E-state index contributed by atoms with van der Waals surface area (Å²) in [6.45, 7) is 5.31. The number of nitrogens with zero attached hydrogens (tertiary/aromatic N) is 3. The van der Waals surface area contributed by atoms with Gasteiger partial charge in [0.05, 0.1) is 4.92 Å². The smallest absolute Gasteiger partial charge is 0.269 e. The molecule has 0 amide bonds. The van der Waals surface area contributed by atoms with Crippen molar-refractivity contribution in [2.24, 2.45) is 0 Å². The van der Waals surface area contributed by atoms with Gasteiger partial charge in [0.25, 0.3) is 5.69 Å². The number of hydrogen-bond acceptors (Lipinski definition) is 5. The lowest BCUT2D eigenvalue weighted by Gasteiger charge is -2.32. The fraction of sp³-hybridized carbons (Fsp3) is 0.400. The van der Waals surface area contributed by atoms with E-state index in [4.69, 9.17) is 0 Å². The second kappa shape index (κ2) is 9.30. The van der Waals surface area contributed by atoms with Gasteiger partial charge in [-0.1, -0.05) is 11.8 Å². The van der Waals surface area contributed by atoms with Crippen LogP contribution in [0.3, 0.4) is 0 Å². The van der Waals surface area contributed by atoms with Gasteiger partial charge in [-0.3, -0.25) is 10.1 Å². The van der Waals surface area contributed by atoms with Gasteiger partial charge in [-0.2, -0.15) is 0 Å². The maximum atomic E-state index is 13.1. The molecule has 5 nitrogen and oxygen atoms in total. The van der Waals surface area contributed by atoms with E-state index in [1.54, 1.807) is 24.3 Å². The van der Waals surface area contributed by atoms with Crippen LogP contribution in [0.15, 0.2) is 52.3 Å². The molecule has 1 heterocycles. The van der Waals surface area contributed by atoms with Gasteiger partial charge in [0, 0.05) is 48.1 Å². The molecule has 0 N–H and O–H groups in total. The Balaban J connectivity index is 1.67. The third-order valence-electron chi connectivity index (χ3n) is 4.81. The number of rotatable bonds is 7. The van der Waals surface area contributed by atoms with Crippen LogP contribution in [0, 0.1) is 15.9 Å². The highest BCUT2D eigenvalue weighted by Gasteiger charge is 2.15. The van der Waals surface area contributed by atoms with Crippen LogP contribution < -0.4 is 0 Å². The highest BCUT2D eigenvalue weighted by Crippen LogP contribution is 2.33. The zero-order chi connectivity index (χ0) is 19.2. The molecular formula is C20H24FN3O2S. The second-order valence-electron chi connectivity index (χ2n) is 6.85. The minimum Gasteiger partial charge on any atom is -0.304 e. The first kappa shape index (κ1) is 19.8. The van der Waals surface area contributed by atoms with E-state index in [1.807, 2.05) is 0 Å². The van der Waals surface area contributed by atoms with Crippen molar-refractivity contribution in [1.82, 2.24) is 9.80 Å². The van der Waals surface area contributed by atoms with Crippen LogP contribution in [-0.2, 0) is 6.42 Å². The summed E-state index contributed by atoms with van der Waals surface area (Å²) in [4.78, 5) is 17.5. The average Bonchev–Trinajstić information content (AvgIpc) is 2.66. The van der Waals surface area contributed by atoms with Crippen molar-refractivity contribution < 1.29 is 9.31 Å². The lowest BCUT2D eigenvalue weighted by Crippen LogP contribution is -2.44. The molecule has 3 rings (SSSR count). The van der Waals surface area contributed by atoms with Gasteiger partial charge in [0.15, 0.2) is 0 Å². The largest absolute Gasteiger partial charge is 0.304 e. The Bertz CT molecular complexity index is 777. The zero-order valence-electron chi connectivity index (χ0n) is 15.4. The summed E-state index contributed by atoms with van der Waals surface area (Å²) in [6, 6.07) is 11.3. The SMILES string of the molecule is CN1CCN(CCCc2cc([N+](=O)[O-])ccc2Sc2ccc(F)cc2)CC1. The Kier molecular flexibility index (Phi) is 6.82. The molecule has 1 aliphatic rings. The maximum Gasteiger partial charge on any atom is 0.269 e. The first-order valence-electron chi connectivity index (χ1n) is 9.13. The Hall–Kier alpha value is -1.96. The molecule has 2 aromatic carbocycles. The number of non-ortho nitro benzene ring substituents is 1. The average molecular weight is 389 g/mol. The molecule has 0 atom stereocenters. The molecule has 2 aromatic rings. The normalized spacial score (nSPS) is 15.8. The predicted molar refractivity (Wildman–Crippen MR) is 106 cm³/mol. The molecule has 0 aliphatic carbocycles. The molecule has 0 bridgehead atoms. The van der Waals surface area contributed by atoms with E-state index in [1.165, 1.54) is 30.0 Å². The number of aryl methyl sites for hydroxylation is 1. The molecule has 1 aliphatic heterocycles. The van der Waals surface area contributed by atoms with E-state index in [2.05, 4.69) is 16.8 Å². The molecule has 0 saturated carbocycles. The van der Waals surface area contributed by atoms with Gasteiger partial charge < -0.3 is 9.80 Å². The minimum absolute atomic E-state index is 0.119. The minimum atomic E-state index is -0.351. The lowest BCUT2D eigenvalue weighted by molar-refractivity contribution is -0.385. The van der Waals surface area contributed by atoms with E-state index < -0.39 is 0 Å². The van der Waals surface area contributed by atoms with Gasteiger partial charge in [0.1, 0.15) is 5.82 Å². The monoisotopic (exact) mass is 389 g/mol. The van der Waals surface area contributed by atoms with E-state index in [9.17, 15) is 14.5 Å². The first-order chi connectivity index (χ1) is 13.0. The third-order valence-corrected chi connectivity index (χ3v) is 5.94. The highest BCUT2D eigenvalue weighted by atomic mass is 32.2. The molecule has 0 unspecified atom stereocenters. The Morgan fingerprint density at radius 1 is 1.11 bits per heavy atom. The number of benzene rings is 2. The van der Waals surface area contributed by atoms with Gasteiger partial charge in [0.2, 0.25) is 0 Å². The summed E-state index contributed by atoms with van der Waals surface area (Å²) in [7, 11) is 2.14. The lowest BCUT2D eigenvalue weighted by atomic mass is 10.1. The topological polar surface area (TPSA) is 49.6 Å². The van der Waals surface area contributed by atoms with Crippen LogP contribution in [0.2, 0.25) is 0 Å². The maximum absolute atomic E-state index is 13.1. The summed E-state index contributed by atoms with van der Waals surface area (Å²) in [5.41, 5.74) is 1.10. The number of hydrogen-bond donors (Lipinski definition) is 0. The van der Waals surface area contributed by atoms with Crippen molar-refractivity contribution in [3.8, 4) is 0 Å². The van der Waals surface area contributed by atoms with Crippen LogP contribution in [0.4, 0.5) is 10.1 Å². The Labute approximate surface area is 163 Å². The van der Waals surface area contributed by atoms with Crippen molar-refractivity contribution in [3.63, 3.8) is 0 Å². The quantitative estimate of drug-likeness (QED) is 0.528. The predicted octanol–water partition coefficient (Wildman–Crippen LogP) is 4.07. The highest BCUT2D eigenvalue weighted by molar-refractivity contribution is 7.99. The van der Waals surface area contributed by atoms with Crippen molar-refractivity contribution in [2.75, 3.05) is 39.8 Å². The van der Waals surface area contributed by atoms with Crippen LogP contribution in [-0.4, -0.2) is 54.5 Å². The molecular weight excluding hydrogens is 365 g/mol. The zero-order valence-corrected chi connectivity index (χ0v) is 16.3. The van der Waals surface area contributed by atoms with Crippen LogP contribution in [0.1, 0.15) is 12.0 Å². The van der Waals surface area contributed by atoms with Crippen molar-refractivity contribution in [3.05, 3.63) is 64.0 Å². The van der Waals surface area contributed by atoms with Crippen LogP contribution in [0.25, 0.3) is 0 Å². The molecule has 144 valence electrons. The summed E-state index contributed by atoms with van der Waals surface area (Å²) in [5, 5.41) is 11.2. The van der Waals surface area contributed by atoms with E-state index in [0.29, 0.717) is 0 Å².